The number of amides is 2. The molecule has 5 nitrogen and oxygen atoms in total. The molecule has 0 heterocycles. The maximum Gasteiger partial charge on any atom is 0.337 e. The summed E-state index contributed by atoms with van der Waals surface area (Å²) >= 11 is 3.25. The number of carbonyl (C=O) groups is 2. The molecule has 110 valence electrons. The smallest absolute Gasteiger partial charge is 0.337 e. The van der Waals surface area contributed by atoms with Gasteiger partial charge in [0.25, 0.3) is 0 Å². The van der Waals surface area contributed by atoms with E-state index in [4.69, 9.17) is 5.11 Å². The lowest BCUT2D eigenvalue weighted by Crippen LogP contribution is -2.36. The van der Waals surface area contributed by atoms with Crippen LogP contribution in [-0.2, 0) is 0 Å². The van der Waals surface area contributed by atoms with Gasteiger partial charge in [-0.2, -0.15) is 0 Å². The number of unbranched alkanes of at least 4 members (excludes halogenated alkanes) is 1. The minimum absolute atomic E-state index is 0.0470. The second-order valence-corrected chi connectivity index (χ2v) is 5.46. The molecule has 20 heavy (non-hydrogen) atoms. The number of rotatable bonds is 6. The summed E-state index contributed by atoms with van der Waals surface area (Å²) in [6.45, 7) is 4.01. The summed E-state index contributed by atoms with van der Waals surface area (Å²) in [5.74, 6) is -1.08. The standard InChI is InChI=1S/C14H19BrN2O3/c1-3-4-6-9(2)16-14(20)17-12-10(13(18)19)7-5-8-11(12)15/h5,7-9H,3-4,6H2,1-2H3,(H,18,19)(H2,16,17,20). The third-order valence-electron chi connectivity index (χ3n) is 2.85. The van der Waals surface area contributed by atoms with Crippen molar-refractivity contribution in [3.05, 3.63) is 28.2 Å². The molecule has 1 aromatic rings. The van der Waals surface area contributed by atoms with Crippen molar-refractivity contribution >= 4 is 33.6 Å². The lowest BCUT2D eigenvalue weighted by molar-refractivity contribution is 0.0698. The van der Waals surface area contributed by atoms with Gasteiger partial charge >= 0.3 is 12.0 Å². The van der Waals surface area contributed by atoms with E-state index in [1.165, 1.54) is 6.07 Å². The molecule has 0 saturated carbocycles. The van der Waals surface area contributed by atoms with Gasteiger partial charge in [-0.05, 0) is 41.4 Å². The zero-order valence-corrected chi connectivity index (χ0v) is 13.2. The Morgan fingerprint density at radius 2 is 2.10 bits per heavy atom. The van der Waals surface area contributed by atoms with E-state index in [0.29, 0.717) is 4.47 Å². The van der Waals surface area contributed by atoms with E-state index in [-0.39, 0.29) is 17.3 Å². The highest BCUT2D eigenvalue weighted by Crippen LogP contribution is 2.26. The molecule has 1 unspecified atom stereocenters. The first-order valence-electron chi connectivity index (χ1n) is 6.55. The number of benzene rings is 1. The number of hydrogen-bond donors (Lipinski definition) is 3. The van der Waals surface area contributed by atoms with E-state index in [2.05, 4.69) is 33.5 Å². The van der Waals surface area contributed by atoms with Crippen LogP contribution in [0.3, 0.4) is 0 Å². The minimum atomic E-state index is -1.08. The number of nitrogens with one attached hydrogen (secondary N) is 2. The Morgan fingerprint density at radius 1 is 1.40 bits per heavy atom. The van der Waals surface area contributed by atoms with Crippen molar-refractivity contribution in [1.29, 1.82) is 0 Å². The number of para-hydroxylation sites is 1. The van der Waals surface area contributed by atoms with Gasteiger partial charge < -0.3 is 15.7 Å². The Bertz CT molecular complexity index is 491. The summed E-state index contributed by atoms with van der Waals surface area (Å²) in [6.07, 6.45) is 3.00. The summed E-state index contributed by atoms with van der Waals surface area (Å²) in [5, 5.41) is 14.5. The van der Waals surface area contributed by atoms with Gasteiger partial charge in [0.1, 0.15) is 0 Å². The van der Waals surface area contributed by atoms with Gasteiger partial charge in [0, 0.05) is 10.5 Å². The minimum Gasteiger partial charge on any atom is -0.478 e. The quantitative estimate of drug-likeness (QED) is 0.734. The van der Waals surface area contributed by atoms with Crippen molar-refractivity contribution in [2.24, 2.45) is 0 Å². The predicted molar refractivity (Wildman–Crippen MR) is 82.2 cm³/mol. The molecule has 0 radical (unpaired) electrons. The van der Waals surface area contributed by atoms with E-state index < -0.39 is 12.0 Å². The van der Waals surface area contributed by atoms with Gasteiger partial charge in [-0.15, -0.1) is 0 Å². The van der Waals surface area contributed by atoms with Gasteiger partial charge in [0.15, 0.2) is 0 Å². The predicted octanol–water partition coefficient (Wildman–Crippen LogP) is 3.85. The highest BCUT2D eigenvalue weighted by molar-refractivity contribution is 9.10. The van der Waals surface area contributed by atoms with E-state index >= 15 is 0 Å². The number of carboxylic acid groups (broad SMARTS) is 1. The third kappa shape index (κ3) is 4.85. The van der Waals surface area contributed by atoms with Crippen LogP contribution >= 0.6 is 15.9 Å². The zero-order chi connectivity index (χ0) is 15.1. The molecule has 0 spiro atoms. The molecule has 0 aliphatic heterocycles. The Balaban J connectivity index is 2.73. The van der Waals surface area contributed by atoms with Crippen LogP contribution in [0.25, 0.3) is 0 Å². The van der Waals surface area contributed by atoms with Crippen molar-refractivity contribution in [1.82, 2.24) is 5.32 Å². The lowest BCUT2D eigenvalue weighted by atomic mass is 10.1. The molecule has 0 fully saturated rings. The molecular formula is C14H19BrN2O3. The number of halogens is 1. The molecule has 1 aromatic carbocycles. The van der Waals surface area contributed by atoms with Crippen molar-refractivity contribution in [3.8, 4) is 0 Å². The fraction of sp³-hybridized carbons (Fsp3) is 0.429. The second-order valence-electron chi connectivity index (χ2n) is 4.61. The fourth-order valence-corrected chi connectivity index (χ4v) is 2.25. The van der Waals surface area contributed by atoms with Crippen molar-refractivity contribution in [2.75, 3.05) is 5.32 Å². The molecule has 0 aliphatic carbocycles. The molecule has 0 aromatic heterocycles. The van der Waals surface area contributed by atoms with Gasteiger partial charge in [-0.3, -0.25) is 0 Å². The van der Waals surface area contributed by atoms with E-state index in [1.54, 1.807) is 12.1 Å². The number of anilines is 1. The average Bonchev–Trinajstić information content (AvgIpc) is 2.38. The van der Waals surface area contributed by atoms with E-state index in [0.717, 1.165) is 19.3 Å². The maximum absolute atomic E-state index is 11.9. The first-order chi connectivity index (χ1) is 9.45. The normalized spacial score (nSPS) is 11.8. The molecule has 6 heteroatoms. The van der Waals surface area contributed by atoms with Crippen LogP contribution in [0.5, 0.6) is 0 Å². The molecular weight excluding hydrogens is 324 g/mol. The van der Waals surface area contributed by atoms with Crippen molar-refractivity contribution in [3.63, 3.8) is 0 Å². The summed E-state index contributed by atoms with van der Waals surface area (Å²) in [4.78, 5) is 23.0. The molecule has 0 aliphatic rings. The monoisotopic (exact) mass is 342 g/mol. The average molecular weight is 343 g/mol. The maximum atomic E-state index is 11.9. The van der Waals surface area contributed by atoms with Crippen molar-refractivity contribution < 1.29 is 14.7 Å². The Morgan fingerprint density at radius 3 is 2.70 bits per heavy atom. The summed E-state index contributed by atoms with van der Waals surface area (Å²) in [5.41, 5.74) is 0.316. The van der Waals surface area contributed by atoms with Crippen LogP contribution in [0.1, 0.15) is 43.5 Å². The number of hydrogen-bond acceptors (Lipinski definition) is 2. The molecule has 0 bridgehead atoms. The molecule has 2 amide bonds. The number of urea groups is 1. The van der Waals surface area contributed by atoms with Crippen LogP contribution in [0.4, 0.5) is 10.5 Å². The number of aromatic carboxylic acids is 1. The van der Waals surface area contributed by atoms with Gasteiger partial charge in [0.2, 0.25) is 0 Å². The summed E-state index contributed by atoms with van der Waals surface area (Å²) < 4.78 is 0.536. The molecule has 0 saturated heterocycles. The van der Waals surface area contributed by atoms with Crippen LogP contribution in [-0.4, -0.2) is 23.1 Å². The summed E-state index contributed by atoms with van der Waals surface area (Å²) in [7, 11) is 0. The van der Waals surface area contributed by atoms with Gasteiger partial charge in [-0.1, -0.05) is 25.8 Å². The largest absolute Gasteiger partial charge is 0.478 e. The zero-order valence-electron chi connectivity index (χ0n) is 11.6. The van der Waals surface area contributed by atoms with Crippen LogP contribution < -0.4 is 10.6 Å². The topological polar surface area (TPSA) is 78.4 Å². The highest BCUT2D eigenvalue weighted by Gasteiger charge is 2.16. The fourth-order valence-electron chi connectivity index (χ4n) is 1.79. The molecule has 3 N–H and O–H groups in total. The van der Waals surface area contributed by atoms with E-state index in [1.807, 2.05) is 6.92 Å². The highest BCUT2D eigenvalue weighted by atomic mass is 79.9. The Kier molecular flexibility index (Phi) is 6.51. The molecule has 1 rings (SSSR count). The Hall–Kier alpha value is -1.56. The van der Waals surface area contributed by atoms with Crippen LogP contribution in [0.2, 0.25) is 0 Å². The second kappa shape index (κ2) is 7.89. The SMILES string of the molecule is CCCCC(C)NC(=O)Nc1c(Br)cccc1C(=O)O. The lowest BCUT2D eigenvalue weighted by Gasteiger charge is -2.16. The van der Waals surface area contributed by atoms with Gasteiger partial charge in [0.05, 0.1) is 11.3 Å². The number of carbonyl (C=O) groups excluding carboxylic acids is 1. The van der Waals surface area contributed by atoms with Crippen LogP contribution in [0, 0.1) is 0 Å². The first kappa shape index (κ1) is 16.5. The summed E-state index contributed by atoms with van der Waals surface area (Å²) in [6, 6.07) is 4.39. The third-order valence-corrected chi connectivity index (χ3v) is 3.51. The van der Waals surface area contributed by atoms with Gasteiger partial charge in [-0.25, -0.2) is 9.59 Å². The number of carboxylic acids is 1. The van der Waals surface area contributed by atoms with E-state index in [9.17, 15) is 9.59 Å². The molecule has 1 atom stereocenters. The Labute approximate surface area is 126 Å². The first-order valence-corrected chi connectivity index (χ1v) is 7.34. The van der Waals surface area contributed by atoms with Crippen molar-refractivity contribution in [2.45, 2.75) is 39.2 Å². The van der Waals surface area contributed by atoms with Crippen LogP contribution in [0.15, 0.2) is 22.7 Å².